The van der Waals surface area contributed by atoms with Crippen LogP contribution >= 0.6 is 0 Å². The van der Waals surface area contributed by atoms with Crippen LogP contribution in [0.4, 0.5) is 0 Å². The zero-order valence-electron chi connectivity index (χ0n) is 24.3. The van der Waals surface area contributed by atoms with Crippen LogP contribution in [0, 0.1) is 46.3 Å². The topological polar surface area (TPSA) is 104 Å². The third-order valence-corrected chi connectivity index (χ3v) is 11.0. The van der Waals surface area contributed by atoms with Crippen molar-refractivity contribution < 1.29 is 28.4 Å². The minimum absolute atomic E-state index is 0.0341. The van der Waals surface area contributed by atoms with Crippen molar-refractivity contribution in [1.82, 2.24) is 5.32 Å². The average molecular weight is 488 g/mol. The molecule has 0 heterocycles. The summed E-state index contributed by atoms with van der Waals surface area (Å²) < 4.78 is 61.9. The summed E-state index contributed by atoms with van der Waals surface area (Å²) in [4.78, 5) is 12.5. The minimum atomic E-state index is -5.36. The number of carbonyl (C=O) groups is 1. The van der Waals surface area contributed by atoms with E-state index < -0.39 is 28.2 Å². The van der Waals surface area contributed by atoms with E-state index in [0.717, 1.165) is 31.6 Å². The third-order valence-electron chi connectivity index (χ3n) is 10.6. The van der Waals surface area contributed by atoms with Gasteiger partial charge in [0.05, 0.1) is 14.6 Å². The van der Waals surface area contributed by atoms with Crippen molar-refractivity contribution in [2.24, 2.45) is 46.3 Å². The predicted octanol–water partition coefficient (Wildman–Crippen LogP) is 4.43. The van der Waals surface area contributed by atoms with Crippen molar-refractivity contribution in [3.05, 3.63) is 0 Å². The summed E-state index contributed by atoms with van der Waals surface area (Å²) in [6.45, 7) is 3.80. The maximum Gasteiger partial charge on any atom is 0.266 e. The quantitative estimate of drug-likeness (QED) is 0.461. The number of rotatable bonds is 7. The Morgan fingerprint density at radius 3 is 2.52 bits per heavy atom. The van der Waals surface area contributed by atoms with Gasteiger partial charge in [-0.1, -0.05) is 20.8 Å². The monoisotopic (exact) mass is 487 g/mol. The molecule has 4 aliphatic rings. The fraction of sp³-hybridized carbons (Fsp3) is 0.962. The molecule has 3 N–H and O–H groups in total. The molecular weight excluding hydrogens is 438 g/mol. The van der Waals surface area contributed by atoms with Crippen LogP contribution in [-0.4, -0.2) is 42.3 Å². The van der Waals surface area contributed by atoms with Gasteiger partial charge in [0, 0.05) is 15.7 Å². The molecule has 0 radical (unpaired) electrons. The van der Waals surface area contributed by atoms with Gasteiger partial charge in [-0.3, -0.25) is 9.35 Å². The van der Waals surface area contributed by atoms with Gasteiger partial charge in [-0.25, -0.2) is 0 Å². The number of aliphatic hydroxyl groups excluding tert-OH is 1. The van der Waals surface area contributed by atoms with Crippen LogP contribution in [0.5, 0.6) is 0 Å². The predicted molar refractivity (Wildman–Crippen MR) is 129 cm³/mol. The molecule has 0 aromatic carbocycles. The molecular formula is C26H45NO5S. The van der Waals surface area contributed by atoms with E-state index in [1.54, 1.807) is 0 Å². The Bertz CT molecular complexity index is 993. The van der Waals surface area contributed by atoms with Crippen molar-refractivity contribution in [2.45, 2.75) is 97.5 Å². The summed E-state index contributed by atoms with van der Waals surface area (Å²) in [5.74, 6) is 2.63. The standard InChI is InChI=1S/C26H45NO5S/c1-17(4-9-24(29)27-14-15-33(30,31)32)21-7-8-22-20-6-5-18-16-19(28)10-12-25(18,2)23(20)11-13-26(21,22)3/h17-23,28H,4-16H2,1-3H3,(H,27,29)(H,30,31,32)/t17-,18-,19-,20+,21-,22+,23+,25+,26-/m1/s1/i14D2,15D2. The lowest BCUT2D eigenvalue weighted by Crippen LogP contribution is -2.54. The van der Waals surface area contributed by atoms with E-state index in [4.69, 9.17) is 10.0 Å². The second-order valence-corrected chi connectivity index (χ2v) is 13.2. The Balaban J connectivity index is 1.38. The normalized spacial score (nSPS) is 46.5. The van der Waals surface area contributed by atoms with Gasteiger partial charge in [0.15, 0.2) is 0 Å². The maximum absolute atomic E-state index is 12.5. The lowest BCUT2D eigenvalue weighted by atomic mass is 9.44. The summed E-state index contributed by atoms with van der Waals surface area (Å²) in [7, 11) is -5.36. The molecule has 4 saturated carbocycles. The first-order valence-electron chi connectivity index (χ1n) is 14.9. The molecule has 4 aliphatic carbocycles. The number of nitrogens with one attached hydrogen (secondary N) is 1. The Kier molecular flexibility index (Phi) is 5.86. The Hall–Kier alpha value is -0.660. The molecule has 9 atom stereocenters. The number of fused-ring (bicyclic) bond motifs is 5. The second-order valence-electron chi connectivity index (χ2n) is 12.1. The van der Waals surface area contributed by atoms with Gasteiger partial charge < -0.3 is 10.4 Å². The van der Waals surface area contributed by atoms with E-state index in [0.29, 0.717) is 35.5 Å². The molecule has 0 bridgehead atoms. The number of hydrogen-bond donors (Lipinski definition) is 3. The highest BCUT2D eigenvalue weighted by molar-refractivity contribution is 7.85. The van der Waals surface area contributed by atoms with Crippen LogP contribution in [0.15, 0.2) is 0 Å². The number of aliphatic hydroxyl groups is 1. The van der Waals surface area contributed by atoms with Gasteiger partial charge in [-0.15, -0.1) is 0 Å². The highest BCUT2D eigenvalue weighted by Crippen LogP contribution is 2.68. The molecule has 190 valence electrons. The van der Waals surface area contributed by atoms with Gasteiger partial charge in [0.2, 0.25) is 5.91 Å². The maximum atomic E-state index is 12.5. The SMILES string of the molecule is [2H]C([2H])(NC(=O)CC[C@@H](C)[C@H]1CC[C@H]2[C@@H]3CC[C@@H]4C[C@H](O)CC[C@]4(C)[C@H]3CC[C@]12C)C([2H])([2H])S(=O)(=O)O. The molecule has 0 spiro atoms. The summed E-state index contributed by atoms with van der Waals surface area (Å²) in [6, 6.07) is 0. The van der Waals surface area contributed by atoms with Crippen molar-refractivity contribution in [3.8, 4) is 0 Å². The fourth-order valence-corrected chi connectivity index (χ4v) is 9.17. The average Bonchev–Trinajstić information content (AvgIpc) is 3.14. The minimum Gasteiger partial charge on any atom is -0.393 e. The molecule has 0 aromatic heterocycles. The van der Waals surface area contributed by atoms with Crippen molar-refractivity contribution in [1.29, 1.82) is 0 Å². The molecule has 0 saturated heterocycles. The van der Waals surface area contributed by atoms with E-state index in [1.165, 1.54) is 32.1 Å². The van der Waals surface area contributed by atoms with E-state index in [9.17, 15) is 18.3 Å². The van der Waals surface area contributed by atoms with Gasteiger partial charge in [0.25, 0.3) is 10.1 Å². The summed E-state index contributed by atoms with van der Waals surface area (Å²) in [5.41, 5.74) is -3.12. The van der Waals surface area contributed by atoms with E-state index in [2.05, 4.69) is 20.8 Å². The van der Waals surface area contributed by atoms with Crippen LogP contribution in [0.25, 0.3) is 0 Å². The highest BCUT2D eigenvalue weighted by atomic mass is 32.2. The lowest BCUT2D eigenvalue weighted by molar-refractivity contribution is -0.129. The van der Waals surface area contributed by atoms with Crippen molar-refractivity contribution in [3.63, 3.8) is 0 Å². The molecule has 6 nitrogen and oxygen atoms in total. The lowest BCUT2D eigenvalue weighted by Gasteiger charge is -2.61. The molecule has 4 rings (SSSR count). The van der Waals surface area contributed by atoms with Crippen LogP contribution in [-0.2, 0) is 14.9 Å². The first kappa shape index (κ1) is 20.5. The summed E-state index contributed by atoms with van der Waals surface area (Å²) in [5, 5.41) is 12.1. The first-order chi connectivity index (χ1) is 16.9. The van der Waals surface area contributed by atoms with Crippen LogP contribution in [0.3, 0.4) is 0 Å². The highest BCUT2D eigenvalue weighted by Gasteiger charge is 2.60. The first-order valence-corrected chi connectivity index (χ1v) is 14.3. The molecule has 0 aromatic rings. The molecule has 33 heavy (non-hydrogen) atoms. The van der Waals surface area contributed by atoms with Crippen LogP contribution in [0.2, 0.25) is 0 Å². The second kappa shape index (κ2) is 9.42. The fourth-order valence-electron chi connectivity index (χ4n) is 8.99. The molecule has 0 unspecified atom stereocenters. The van der Waals surface area contributed by atoms with Gasteiger partial charge in [0.1, 0.15) is 0 Å². The molecule has 0 aliphatic heterocycles. The molecule has 4 fully saturated rings. The largest absolute Gasteiger partial charge is 0.393 e. The van der Waals surface area contributed by atoms with Gasteiger partial charge >= 0.3 is 0 Å². The van der Waals surface area contributed by atoms with E-state index in [-0.39, 0.29) is 23.9 Å². The summed E-state index contributed by atoms with van der Waals surface area (Å²) >= 11 is 0. The Labute approximate surface area is 206 Å². The van der Waals surface area contributed by atoms with Gasteiger partial charge in [-0.2, -0.15) is 8.42 Å². The smallest absolute Gasteiger partial charge is 0.266 e. The van der Waals surface area contributed by atoms with E-state index >= 15 is 0 Å². The molecule has 7 heteroatoms. The van der Waals surface area contributed by atoms with Crippen molar-refractivity contribution >= 4 is 16.0 Å². The zero-order chi connectivity index (χ0) is 27.6. The van der Waals surface area contributed by atoms with Gasteiger partial charge in [-0.05, 0) is 111 Å². The van der Waals surface area contributed by atoms with E-state index in [1.807, 2.05) is 5.32 Å². The zero-order valence-corrected chi connectivity index (χ0v) is 21.2. The van der Waals surface area contributed by atoms with Crippen LogP contribution < -0.4 is 5.32 Å². The number of hydrogen-bond acceptors (Lipinski definition) is 4. The Morgan fingerprint density at radius 1 is 1.09 bits per heavy atom. The molecule has 1 amide bonds. The van der Waals surface area contributed by atoms with Crippen LogP contribution in [0.1, 0.15) is 96.9 Å². The van der Waals surface area contributed by atoms with Crippen molar-refractivity contribution in [2.75, 3.05) is 12.2 Å². The Morgan fingerprint density at radius 2 is 1.79 bits per heavy atom. The number of carbonyl (C=O) groups excluding carboxylic acids is 1. The third kappa shape index (κ3) is 5.02. The number of amides is 1. The summed E-state index contributed by atoms with van der Waals surface area (Å²) in [6.07, 6.45) is 10.5.